The van der Waals surface area contributed by atoms with Crippen LogP contribution in [0.1, 0.15) is 31.7 Å². The van der Waals surface area contributed by atoms with E-state index in [1.54, 1.807) is 16.4 Å². The highest BCUT2D eigenvalue weighted by molar-refractivity contribution is 9.10. The Hall–Kier alpha value is -0.140. The van der Waals surface area contributed by atoms with E-state index < -0.39 is 10.0 Å². The number of rotatable bonds is 3. The number of halogens is 2. The molecule has 1 aliphatic heterocycles. The van der Waals surface area contributed by atoms with Gasteiger partial charge >= 0.3 is 0 Å². The first kappa shape index (κ1) is 18.9. The molecule has 120 valence electrons. The maximum Gasteiger partial charge on any atom is 0.243 e. The van der Waals surface area contributed by atoms with Crippen molar-refractivity contribution in [2.45, 2.75) is 50.1 Å². The van der Waals surface area contributed by atoms with E-state index in [4.69, 9.17) is 5.73 Å². The van der Waals surface area contributed by atoms with Gasteiger partial charge in [-0.05, 0) is 50.5 Å². The van der Waals surface area contributed by atoms with E-state index >= 15 is 0 Å². The fourth-order valence-corrected chi connectivity index (χ4v) is 5.24. The predicted octanol–water partition coefficient (Wildman–Crippen LogP) is 3.07. The number of hydrogen-bond acceptors (Lipinski definition) is 3. The van der Waals surface area contributed by atoms with E-state index in [-0.39, 0.29) is 24.5 Å². The fraction of sp³-hybridized carbons (Fsp3) is 0.571. The summed E-state index contributed by atoms with van der Waals surface area (Å²) in [5.41, 5.74) is 6.74. The molecule has 0 spiro atoms. The van der Waals surface area contributed by atoms with E-state index in [0.29, 0.717) is 11.4 Å². The molecule has 4 nitrogen and oxygen atoms in total. The first-order valence-electron chi connectivity index (χ1n) is 6.87. The van der Waals surface area contributed by atoms with Gasteiger partial charge in [0.1, 0.15) is 0 Å². The molecule has 1 aliphatic rings. The summed E-state index contributed by atoms with van der Waals surface area (Å²) in [4.78, 5) is 0.383. The van der Waals surface area contributed by atoms with Crippen LogP contribution in [-0.2, 0) is 10.0 Å². The smallest absolute Gasteiger partial charge is 0.243 e. The molecule has 7 heteroatoms. The van der Waals surface area contributed by atoms with Crippen molar-refractivity contribution in [3.8, 4) is 0 Å². The average Bonchev–Trinajstić information content (AvgIpc) is 2.38. The quantitative estimate of drug-likeness (QED) is 0.852. The second kappa shape index (κ2) is 7.42. The lowest BCUT2D eigenvalue weighted by Gasteiger charge is -2.37. The van der Waals surface area contributed by atoms with E-state index in [1.807, 2.05) is 19.9 Å². The van der Waals surface area contributed by atoms with Gasteiger partial charge in [0.25, 0.3) is 0 Å². The molecule has 2 atom stereocenters. The Bertz CT molecular complexity index is 593. The van der Waals surface area contributed by atoms with E-state index in [9.17, 15) is 8.42 Å². The van der Waals surface area contributed by atoms with Gasteiger partial charge in [-0.3, -0.25) is 0 Å². The lowest BCUT2D eigenvalue weighted by atomic mass is 10.00. The van der Waals surface area contributed by atoms with Gasteiger partial charge in [-0.2, -0.15) is 4.31 Å². The number of aryl methyl sites for hydroxylation is 1. The van der Waals surface area contributed by atoms with Crippen LogP contribution < -0.4 is 5.73 Å². The molecule has 2 rings (SSSR count). The maximum absolute atomic E-state index is 12.9. The number of benzene rings is 1. The minimum Gasteiger partial charge on any atom is -0.326 e. The molecule has 1 fully saturated rings. The van der Waals surface area contributed by atoms with Crippen LogP contribution in [0, 0.1) is 6.92 Å². The molecule has 1 aromatic carbocycles. The third kappa shape index (κ3) is 3.99. The largest absolute Gasteiger partial charge is 0.326 e. The molecule has 0 aliphatic carbocycles. The van der Waals surface area contributed by atoms with Crippen LogP contribution in [0.2, 0.25) is 0 Å². The molecular weight excluding hydrogens is 376 g/mol. The Morgan fingerprint density at radius 3 is 2.62 bits per heavy atom. The Morgan fingerprint density at radius 1 is 1.38 bits per heavy atom. The number of nitrogens with zero attached hydrogens (tertiary/aromatic N) is 1. The zero-order chi connectivity index (χ0) is 14.9. The topological polar surface area (TPSA) is 63.4 Å². The summed E-state index contributed by atoms with van der Waals surface area (Å²) in [5.74, 6) is 0. The monoisotopic (exact) mass is 396 g/mol. The van der Waals surface area contributed by atoms with Crippen LogP contribution >= 0.6 is 28.3 Å². The lowest BCUT2D eigenvalue weighted by Crippen LogP contribution is -2.51. The van der Waals surface area contributed by atoms with Crippen molar-refractivity contribution in [3.63, 3.8) is 0 Å². The Morgan fingerprint density at radius 2 is 2.05 bits per heavy atom. The van der Waals surface area contributed by atoms with Gasteiger partial charge in [-0.25, -0.2) is 8.42 Å². The summed E-state index contributed by atoms with van der Waals surface area (Å²) in [5, 5.41) is 0. The maximum atomic E-state index is 12.9. The van der Waals surface area contributed by atoms with Crippen LogP contribution in [0.3, 0.4) is 0 Å². The molecule has 21 heavy (non-hydrogen) atoms. The Kier molecular flexibility index (Phi) is 6.68. The van der Waals surface area contributed by atoms with Crippen LogP contribution in [0.5, 0.6) is 0 Å². The highest BCUT2D eigenvalue weighted by Crippen LogP contribution is 2.29. The summed E-state index contributed by atoms with van der Waals surface area (Å²) in [6, 6.07) is 5.02. The highest BCUT2D eigenvalue weighted by atomic mass is 79.9. The lowest BCUT2D eigenvalue weighted by molar-refractivity contribution is 0.227. The van der Waals surface area contributed by atoms with Crippen molar-refractivity contribution in [2.75, 3.05) is 6.54 Å². The van der Waals surface area contributed by atoms with Gasteiger partial charge in [0, 0.05) is 23.1 Å². The summed E-state index contributed by atoms with van der Waals surface area (Å²) in [6.07, 6.45) is 2.78. The van der Waals surface area contributed by atoms with Crippen LogP contribution in [0.4, 0.5) is 0 Å². The van der Waals surface area contributed by atoms with Crippen molar-refractivity contribution in [2.24, 2.45) is 5.73 Å². The number of sulfonamides is 1. The predicted molar refractivity (Wildman–Crippen MR) is 91.3 cm³/mol. The summed E-state index contributed by atoms with van der Waals surface area (Å²) < 4.78 is 28.3. The molecule has 1 saturated heterocycles. The van der Waals surface area contributed by atoms with Gasteiger partial charge in [0.05, 0.1) is 4.90 Å². The van der Waals surface area contributed by atoms with Crippen LogP contribution in [0.25, 0.3) is 0 Å². The Balaban J connectivity index is 0.00000220. The van der Waals surface area contributed by atoms with Gasteiger partial charge in [-0.1, -0.05) is 22.4 Å². The summed E-state index contributed by atoms with van der Waals surface area (Å²) in [7, 11) is -3.47. The molecule has 0 radical (unpaired) electrons. The van der Waals surface area contributed by atoms with Gasteiger partial charge < -0.3 is 5.73 Å². The zero-order valence-corrected chi connectivity index (χ0v) is 15.5. The molecule has 0 saturated carbocycles. The molecular formula is C14H22BrClN2O2S. The zero-order valence-electron chi connectivity index (χ0n) is 12.3. The SMILES string of the molecule is Cc1cc(Br)ccc1S(=O)(=O)N1CCCCC1C(C)N.Cl. The first-order chi connectivity index (χ1) is 9.34. The molecule has 2 N–H and O–H groups in total. The van der Waals surface area contributed by atoms with E-state index in [1.165, 1.54) is 0 Å². The second-order valence-corrected chi connectivity index (χ2v) is 8.22. The van der Waals surface area contributed by atoms with Gasteiger partial charge in [0.2, 0.25) is 10.0 Å². The average molecular weight is 398 g/mol. The molecule has 1 aromatic rings. The summed E-state index contributed by atoms with van der Waals surface area (Å²) >= 11 is 3.37. The Labute approximate surface area is 141 Å². The minimum absolute atomic E-state index is 0. The fourth-order valence-electron chi connectivity index (χ4n) is 2.78. The van der Waals surface area contributed by atoms with Gasteiger partial charge in [-0.15, -0.1) is 12.4 Å². The third-order valence-corrected chi connectivity index (χ3v) is 6.41. The van der Waals surface area contributed by atoms with Crippen molar-refractivity contribution in [1.29, 1.82) is 0 Å². The van der Waals surface area contributed by atoms with Crippen molar-refractivity contribution >= 4 is 38.4 Å². The van der Waals surface area contributed by atoms with Crippen LogP contribution in [0.15, 0.2) is 27.6 Å². The highest BCUT2D eigenvalue weighted by Gasteiger charge is 2.35. The molecule has 0 amide bonds. The molecule has 2 unspecified atom stereocenters. The molecule has 0 bridgehead atoms. The van der Waals surface area contributed by atoms with Crippen molar-refractivity contribution < 1.29 is 8.42 Å². The third-order valence-electron chi connectivity index (χ3n) is 3.83. The number of piperidine rings is 1. The second-order valence-electron chi connectivity index (χ2n) is 5.45. The standard InChI is InChI=1S/C14H21BrN2O2S.ClH/c1-10-9-12(15)6-7-14(10)20(18,19)17-8-4-3-5-13(17)11(2)16;/h6-7,9,11,13H,3-5,8,16H2,1-2H3;1H. The van der Waals surface area contributed by atoms with E-state index in [0.717, 1.165) is 29.3 Å². The summed E-state index contributed by atoms with van der Waals surface area (Å²) in [6.45, 7) is 4.26. The van der Waals surface area contributed by atoms with Gasteiger partial charge in [0.15, 0.2) is 0 Å². The van der Waals surface area contributed by atoms with Crippen LogP contribution in [-0.4, -0.2) is 31.4 Å². The normalized spacial score (nSPS) is 21.6. The molecule has 0 aromatic heterocycles. The minimum atomic E-state index is -3.47. The van der Waals surface area contributed by atoms with Crippen molar-refractivity contribution in [3.05, 3.63) is 28.2 Å². The molecule has 1 heterocycles. The number of nitrogens with two attached hydrogens (primary N) is 1. The van der Waals surface area contributed by atoms with Crippen molar-refractivity contribution in [1.82, 2.24) is 4.31 Å². The first-order valence-corrected chi connectivity index (χ1v) is 9.11. The van der Waals surface area contributed by atoms with E-state index in [2.05, 4.69) is 15.9 Å². The number of hydrogen-bond donors (Lipinski definition) is 1.